The molecule has 63 heavy (non-hydrogen) atoms. The number of nitrogens with two attached hydrogens (primary N) is 1. The topological polar surface area (TPSA) is 273 Å². The highest BCUT2D eigenvalue weighted by Gasteiger charge is 2.44. The van der Waals surface area contributed by atoms with Crippen molar-refractivity contribution in [3.8, 4) is 10.4 Å². The van der Waals surface area contributed by atoms with Crippen molar-refractivity contribution in [2.45, 2.75) is 70.2 Å². The Morgan fingerprint density at radius 3 is 2.08 bits per heavy atom. The molecule has 22 heteroatoms. The summed E-state index contributed by atoms with van der Waals surface area (Å²) in [6.07, 6.45) is -0.781. The molecular weight excluding hydrogens is 863 g/mol. The number of nitrogens with one attached hydrogen (secondary N) is 3. The Kier molecular flexibility index (Phi) is 20.2. The molecule has 0 spiro atoms. The number of likely N-dealkylation sites (tertiary alicyclic amines) is 1. The van der Waals surface area contributed by atoms with Crippen molar-refractivity contribution in [1.82, 2.24) is 20.5 Å². The zero-order chi connectivity index (χ0) is 46.0. The number of aromatic nitrogens is 1. The van der Waals surface area contributed by atoms with Crippen LogP contribution >= 0.6 is 11.3 Å². The number of anilines is 1. The van der Waals surface area contributed by atoms with Crippen LogP contribution in [-0.2, 0) is 54.6 Å². The van der Waals surface area contributed by atoms with E-state index < -0.39 is 50.1 Å². The number of amides is 3. The molecule has 4 rings (SSSR count). The minimum atomic E-state index is -4.07. The standard InChI is InChI=1S/C41H59N7O13S2/c1-28-37(62-27-45-28)30-7-5-29(6-8-30)25-44-39(51)35-23-31(49)26-47(35)40(52)38(41(2,3)4)46-36(50)11-13-57-15-17-59-19-21-61-22-20-60-18-16-58-14-12-43-33-10-9-32(63(42,55)56)24-34(33)48(53)54/h5-10,24,27,31,35,38,43,49H,11-23,25-26H2,1-4H3,(H,44,51)(H,46,50)(H2,42,55,56)/t31-,35+,38?/m1/s1. The van der Waals surface area contributed by atoms with Crippen molar-refractivity contribution in [2.24, 2.45) is 10.6 Å². The molecule has 0 aliphatic carbocycles. The Hall–Kier alpha value is -4.65. The molecule has 6 N–H and O–H groups in total. The van der Waals surface area contributed by atoms with E-state index in [1.807, 2.05) is 52.0 Å². The highest BCUT2D eigenvalue weighted by Crippen LogP contribution is 2.29. The van der Waals surface area contributed by atoms with Crippen LogP contribution in [-0.4, -0.2) is 143 Å². The normalized spacial score (nSPS) is 15.9. The maximum absolute atomic E-state index is 13.9. The molecule has 2 aromatic carbocycles. The van der Waals surface area contributed by atoms with E-state index in [1.165, 1.54) is 17.0 Å². The highest BCUT2D eigenvalue weighted by molar-refractivity contribution is 7.89. The molecular formula is C41H59N7O13S2. The summed E-state index contributed by atoms with van der Waals surface area (Å²) in [5, 5.41) is 35.4. The minimum absolute atomic E-state index is 0.00342. The predicted molar refractivity (Wildman–Crippen MR) is 233 cm³/mol. The van der Waals surface area contributed by atoms with Gasteiger partial charge in [0.1, 0.15) is 17.8 Å². The molecule has 2 heterocycles. The fraction of sp³-hybridized carbons (Fsp3) is 0.561. The monoisotopic (exact) mass is 921 g/mol. The van der Waals surface area contributed by atoms with Crippen molar-refractivity contribution in [2.75, 3.05) is 84.5 Å². The highest BCUT2D eigenvalue weighted by atomic mass is 32.2. The zero-order valence-electron chi connectivity index (χ0n) is 36.0. The molecule has 1 aliphatic heterocycles. The third-order valence-corrected chi connectivity index (χ3v) is 11.6. The number of hydrogen-bond donors (Lipinski definition) is 5. The second kappa shape index (κ2) is 25.0. The van der Waals surface area contributed by atoms with Crippen LogP contribution in [0.3, 0.4) is 0 Å². The van der Waals surface area contributed by atoms with E-state index in [-0.39, 0.29) is 87.9 Å². The first-order valence-electron chi connectivity index (χ1n) is 20.4. The Morgan fingerprint density at radius 1 is 0.952 bits per heavy atom. The number of rotatable bonds is 27. The van der Waals surface area contributed by atoms with Crippen LogP contribution in [0.25, 0.3) is 10.4 Å². The van der Waals surface area contributed by atoms with Gasteiger partial charge in [-0.05, 0) is 35.6 Å². The lowest BCUT2D eigenvalue weighted by atomic mass is 9.85. The van der Waals surface area contributed by atoms with Crippen LogP contribution in [0.5, 0.6) is 0 Å². The van der Waals surface area contributed by atoms with Crippen LogP contribution in [0.2, 0.25) is 0 Å². The van der Waals surface area contributed by atoms with Gasteiger partial charge in [0.05, 0.1) is 98.1 Å². The zero-order valence-corrected chi connectivity index (χ0v) is 37.7. The minimum Gasteiger partial charge on any atom is -0.391 e. The average molecular weight is 922 g/mol. The van der Waals surface area contributed by atoms with Gasteiger partial charge in [-0.2, -0.15) is 0 Å². The molecule has 1 fully saturated rings. The molecule has 348 valence electrons. The first-order valence-corrected chi connectivity index (χ1v) is 22.9. The fourth-order valence-corrected chi connectivity index (χ4v) is 7.75. The Bertz CT molecular complexity index is 2060. The lowest BCUT2D eigenvalue weighted by Gasteiger charge is -2.35. The summed E-state index contributed by atoms with van der Waals surface area (Å²) >= 11 is 1.56. The second-order valence-electron chi connectivity index (χ2n) is 15.7. The molecule has 20 nitrogen and oxygen atoms in total. The van der Waals surface area contributed by atoms with Crippen LogP contribution in [0.1, 0.15) is 44.9 Å². The predicted octanol–water partition coefficient (Wildman–Crippen LogP) is 2.37. The Morgan fingerprint density at radius 2 is 1.54 bits per heavy atom. The van der Waals surface area contributed by atoms with Gasteiger partial charge in [-0.3, -0.25) is 24.5 Å². The molecule has 1 unspecified atom stereocenters. The van der Waals surface area contributed by atoms with Crippen molar-refractivity contribution in [1.29, 1.82) is 0 Å². The summed E-state index contributed by atoms with van der Waals surface area (Å²) in [7, 11) is -4.07. The third kappa shape index (κ3) is 16.8. The maximum Gasteiger partial charge on any atom is 0.293 e. The molecule has 1 saturated heterocycles. The van der Waals surface area contributed by atoms with Crippen molar-refractivity contribution in [3.05, 3.63) is 69.3 Å². The number of ether oxygens (including phenoxy) is 5. The summed E-state index contributed by atoms with van der Waals surface area (Å²) in [6, 6.07) is 9.35. The number of aliphatic hydroxyl groups excluding tert-OH is 1. The molecule has 0 radical (unpaired) electrons. The van der Waals surface area contributed by atoms with E-state index in [2.05, 4.69) is 20.9 Å². The Balaban J connectivity index is 1.02. The van der Waals surface area contributed by atoms with Gasteiger partial charge in [-0.25, -0.2) is 18.5 Å². The van der Waals surface area contributed by atoms with E-state index in [0.717, 1.165) is 27.8 Å². The van der Waals surface area contributed by atoms with Gasteiger partial charge in [0, 0.05) is 38.5 Å². The summed E-state index contributed by atoms with van der Waals surface area (Å²) in [6.45, 7) is 10.7. The second-order valence-corrected chi connectivity index (χ2v) is 18.1. The number of hydrogen-bond acceptors (Lipinski definition) is 16. The number of sulfonamides is 1. The van der Waals surface area contributed by atoms with E-state index in [9.17, 15) is 38.0 Å². The van der Waals surface area contributed by atoms with Crippen molar-refractivity contribution < 1.29 is 56.5 Å². The smallest absolute Gasteiger partial charge is 0.293 e. The third-order valence-electron chi connectivity index (χ3n) is 9.73. The first-order chi connectivity index (χ1) is 30.0. The van der Waals surface area contributed by atoms with Crippen LogP contribution < -0.4 is 21.1 Å². The number of benzene rings is 2. The van der Waals surface area contributed by atoms with E-state index >= 15 is 0 Å². The molecule has 1 aromatic heterocycles. The fourth-order valence-electron chi connectivity index (χ4n) is 6.41. The van der Waals surface area contributed by atoms with Crippen LogP contribution in [0, 0.1) is 22.5 Å². The average Bonchev–Trinajstić information content (AvgIpc) is 3.85. The quantitative estimate of drug-likeness (QED) is 0.0417. The molecule has 3 atom stereocenters. The van der Waals surface area contributed by atoms with E-state index in [4.69, 9.17) is 28.8 Å². The van der Waals surface area contributed by atoms with E-state index in [1.54, 1.807) is 16.8 Å². The number of thiazole rings is 1. The lowest BCUT2D eigenvalue weighted by molar-refractivity contribution is -0.384. The number of aryl methyl sites for hydroxylation is 1. The van der Waals surface area contributed by atoms with Crippen molar-refractivity contribution in [3.63, 3.8) is 0 Å². The van der Waals surface area contributed by atoms with Gasteiger partial charge >= 0.3 is 0 Å². The SMILES string of the molecule is Cc1ncsc1-c1ccc(CNC(=O)[C@@H]2C[C@@H](O)CN2C(=O)C(NC(=O)CCOCCOCCOCCOCCOCCNc2ccc(S(N)(=O)=O)cc2[N+](=O)[O-])C(C)(C)C)cc1. The van der Waals surface area contributed by atoms with Gasteiger partial charge in [-0.1, -0.05) is 45.0 Å². The number of primary sulfonamides is 1. The molecule has 1 aliphatic rings. The number of nitrogens with zero attached hydrogens (tertiary/aromatic N) is 3. The number of nitro groups is 1. The van der Waals surface area contributed by atoms with Gasteiger partial charge < -0.3 is 49.6 Å². The summed E-state index contributed by atoms with van der Waals surface area (Å²) < 4.78 is 50.4. The number of carbonyl (C=O) groups is 3. The summed E-state index contributed by atoms with van der Waals surface area (Å²) in [5.41, 5.74) is 3.71. The lowest BCUT2D eigenvalue weighted by Crippen LogP contribution is -2.57. The molecule has 0 bridgehead atoms. The van der Waals surface area contributed by atoms with Gasteiger partial charge in [0.25, 0.3) is 5.69 Å². The maximum atomic E-state index is 13.9. The van der Waals surface area contributed by atoms with Crippen LogP contribution in [0.15, 0.2) is 52.9 Å². The molecule has 0 saturated carbocycles. The van der Waals surface area contributed by atoms with Gasteiger partial charge in [0.2, 0.25) is 27.7 Å². The first kappa shape index (κ1) is 51.0. The number of aliphatic hydroxyl groups is 1. The summed E-state index contributed by atoms with van der Waals surface area (Å²) in [5.74, 6) is -1.21. The summed E-state index contributed by atoms with van der Waals surface area (Å²) in [4.78, 5) is 57.2. The molecule has 3 aromatic rings. The Labute approximate surface area is 371 Å². The molecule has 3 amide bonds. The number of nitro benzene ring substituents is 1. The van der Waals surface area contributed by atoms with Crippen LogP contribution in [0.4, 0.5) is 11.4 Å². The van der Waals surface area contributed by atoms with E-state index in [0.29, 0.717) is 33.0 Å². The van der Waals surface area contributed by atoms with Gasteiger partial charge in [-0.15, -0.1) is 11.3 Å². The number of β-amino-alcohol motifs (C(OH)–C–C–N with tert-alkyl or cyclic N) is 1. The van der Waals surface area contributed by atoms with Gasteiger partial charge in [0.15, 0.2) is 0 Å². The largest absolute Gasteiger partial charge is 0.391 e. The van der Waals surface area contributed by atoms with Crippen molar-refractivity contribution >= 4 is 50.5 Å². The number of carbonyl (C=O) groups excluding carboxylic acids is 3.